The lowest BCUT2D eigenvalue weighted by Gasteiger charge is -2.04. The smallest absolute Gasteiger partial charge is 0.283 e. The summed E-state index contributed by atoms with van der Waals surface area (Å²) in [5.74, 6) is 0.0472. The van der Waals surface area contributed by atoms with Crippen molar-refractivity contribution in [1.82, 2.24) is 5.32 Å². The third kappa shape index (κ3) is 5.11. The largest absolute Gasteiger partial charge is 0.312 e. The molecule has 0 spiro atoms. The number of nitro groups is 1. The maximum absolute atomic E-state index is 10.9. The quantitative estimate of drug-likeness (QED) is 0.483. The van der Waals surface area contributed by atoms with Crippen LogP contribution >= 0.6 is 15.9 Å². The van der Waals surface area contributed by atoms with E-state index in [9.17, 15) is 18.5 Å². The number of hydrogen-bond donors (Lipinski definition) is 1. The van der Waals surface area contributed by atoms with Gasteiger partial charge in [0.05, 0.1) is 15.1 Å². The van der Waals surface area contributed by atoms with E-state index in [2.05, 4.69) is 21.2 Å². The van der Waals surface area contributed by atoms with Gasteiger partial charge in [-0.3, -0.25) is 10.1 Å². The van der Waals surface area contributed by atoms with Crippen LogP contribution in [0, 0.1) is 10.1 Å². The molecule has 0 aliphatic heterocycles. The van der Waals surface area contributed by atoms with Gasteiger partial charge in [-0.1, -0.05) is 6.07 Å². The second-order valence-electron chi connectivity index (χ2n) is 3.85. The number of nitrogens with zero attached hydrogens (tertiary/aromatic N) is 1. The molecule has 6 nitrogen and oxygen atoms in total. The molecule has 0 bridgehead atoms. The van der Waals surface area contributed by atoms with E-state index in [1.807, 2.05) is 0 Å². The van der Waals surface area contributed by atoms with Crippen LogP contribution in [0.2, 0.25) is 0 Å². The predicted octanol–water partition coefficient (Wildman–Crippen LogP) is 1.49. The highest BCUT2D eigenvalue weighted by Gasteiger charge is 2.12. The number of sulfone groups is 1. The van der Waals surface area contributed by atoms with Crippen LogP contribution in [0.4, 0.5) is 5.69 Å². The molecule has 0 saturated heterocycles. The van der Waals surface area contributed by atoms with Crippen LogP contribution in [0.3, 0.4) is 0 Å². The van der Waals surface area contributed by atoms with E-state index in [1.165, 1.54) is 12.3 Å². The van der Waals surface area contributed by atoms with Crippen molar-refractivity contribution in [3.05, 3.63) is 38.3 Å². The fraction of sp³-hybridized carbons (Fsp3) is 0.400. The Morgan fingerprint density at radius 1 is 1.44 bits per heavy atom. The SMILES string of the molecule is CS(=O)(=O)CCNCc1ccc(Br)c([N+](=O)[O-])c1. The first-order valence-electron chi connectivity index (χ1n) is 5.11. The van der Waals surface area contributed by atoms with E-state index in [4.69, 9.17) is 0 Å². The van der Waals surface area contributed by atoms with Gasteiger partial charge in [0.1, 0.15) is 9.84 Å². The molecule has 0 atom stereocenters. The molecule has 100 valence electrons. The van der Waals surface area contributed by atoms with Gasteiger partial charge >= 0.3 is 0 Å². The van der Waals surface area contributed by atoms with Crippen molar-refractivity contribution < 1.29 is 13.3 Å². The van der Waals surface area contributed by atoms with E-state index < -0.39 is 14.8 Å². The van der Waals surface area contributed by atoms with E-state index in [1.54, 1.807) is 12.1 Å². The minimum Gasteiger partial charge on any atom is -0.312 e. The Morgan fingerprint density at radius 3 is 2.67 bits per heavy atom. The zero-order valence-corrected chi connectivity index (χ0v) is 12.1. The van der Waals surface area contributed by atoms with Crippen LogP contribution in [-0.2, 0) is 16.4 Å². The first-order valence-corrected chi connectivity index (χ1v) is 7.96. The Morgan fingerprint density at radius 2 is 2.11 bits per heavy atom. The van der Waals surface area contributed by atoms with Crippen molar-refractivity contribution in [2.75, 3.05) is 18.6 Å². The number of nitro benzene ring substituents is 1. The third-order valence-corrected chi connectivity index (χ3v) is 3.80. The highest BCUT2D eigenvalue weighted by molar-refractivity contribution is 9.10. The summed E-state index contributed by atoms with van der Waals surface area (Å²) in [6.45, 7) is 0.715. The Bertz CT molecular complexity index is 545. The topological polar surface area (TPSA) is 89.3 Å². The molecule has 0 aliphatic carbocycles. The zero-order valence-electron chi connectivity index (χ0n) is 9.72. The van der Waals surface area contributed by atoms with Crippen molar-refractivity contribution in [3.8, 4) is 0 Å². The summed E-state index contributed by atoms with van der Waals surface area (Å²) in [4.78, 5) is 10.2. The maximum atomic E-state index is 10.9. The summed E-state index contributed by atoms with van der Waals surface area (Å²) >= 11 is 3.10. The van der Waals surface area contributed by atoms with Crippen molar-refractivity contribution in [1.29, 1.82) is 0 Å². The van der Waals surface area contributed by atoms with Gasteiger partial charge in [0, 0.05) is 25.4 Å². The van der Waals surface area contributed by atoms with Crippen LogP contribution in [0.5, 0.6) is 0 Å². The minimum atomic E-state index is -2.99. The number of nitrogens with one attached hydrogen (secondary N) is 1. The highest BCUT2D eigenvalue weighted by atomic mass is 79.9. The van der Waals surface area contributed by atoms with Gasteiger partial charge in [-0.15, -0.1) is 0 Å². The molecule has 1 aromatic carbocycles. The number of hydrogen-bond acceptors (Lipinski definition) is 5. The van der Waals surface area contributed by atoms with Crippen LogP contribution < -0.4 is 5.32 Å². The first kappa shape index (κ1) is 15.1. The molecule has 18 heavy (non-hydrogen) atoms. The van der Waals surface area contributed by atoms with Crippen molar-refractivity contribution in [3.63, 3.8) is 0 Å². The van der Waals surface area contributed by atoms with E-state index in [-0.39, 0.29) is 11.4 Å². The zero-order chi connectivity index (χ0) is 13.8. The van der Waals surface area contributed by atoms with E-state index >= 15 is 0 Å². The second kappa shape index (κ2) is 6.26. The summed E-state index contributed by atoms with van der Waals surface area (Å²) in [5.41, 5.74) is 0.732. The van der Waals surface area contributed by atoms with Gasteiger partial charge in [0.25, 0.3) is 5.69 Å². The molecule has 1 aromatic rings. The monoisotopic (exact) mass is 336 g/mol. The molecule has 0 radical (unpaired) electrons. The van der Waals surface area contributed by atoms with Crippen LogP contribution in [0.25, 0.3) is 0 Å². The molecular weight excluding hydrogens is 324 g/mol. The first-order chi connectivity index (χ1) is 8.29. The lowest BCUT2D eigenvalue weighted by atomic mass is 10.2. The number of benzene rings is 1. The third-order valence-electron chi connectivity index (χ3n) is 2.19. The van der Waals surface area contributed by atoms with Crippen molar-refractivity contribution >= 4 is 31.5 Å². The van der Waals surface area contributed by atoms with Gasteiger partial charge in [-0.25, -0.2) is 8.42 Å². The Labute approximate surface area is 114 Å². The summed E-state index contributed by atoms with van der Waals surface area (Å²) in [6, 6.07) is 4.80. The van der Waals surface area contributed by atoms with E-state index in [0.29, 0.717) is 17.6 Å². The Hall–Kier alpha value is -0.990. The molecule has 0 fully saturated rings. The van der Waals surface area contributed by atoms with E-state index in [0.717, 1.165) is 5.56 Å². The molecule has 0 saturated carbocycles. The normalized spacial score (nSPS) is 11.4. The summed E-state index contributed by atoms with van der Waals surface area (Å²) in [5, 5.41) is 13.6. The molecule has 8 heteroatoms. The van der Waals surface area contributed by atoms with Crippen molar-refractivity contribution in [2.24, 2.45) is 0 Å². The average Bonchev–Trinajstić information content (AvgIpc) is 2.24. The Kier molecular flexibility index (Phi) is 5.24. The second-order valence-corrected chi connectivity index (χ2v) is 6.96. The Balaban J connectivity index is 2.58. The fourth-order valence-electron chi connectivity index (χ4n) is 1.30. The molecule has 0 unspecified atom stereocenters. The minimum absolute atomic E-state index is 0.00240. The van der Waals surface area contributed by atoms with Crippen LogP contribution in [0.1, 0.15) is 5.56 Å². The standard InChI is InChI=1S/C10H13BrN2O4S/c1-18(16,17)5-4-12-7-8-2-3-9(11)10(6-8)13(14)15/h2-3,6,12H,4-5,7H2,1H3. The van der Waals surface area contributed by atoms with Crippen LogP contribution in [0.15, 0.2) is 22.7 Å². The summed E-state index contributed by atoms with van der Waals surface area (Å²) in [7, 11) is -2.99. The maximum Gasteiger partial charge on any atom is 0.283 e. The van der Waals surface area contributed by atoms with Gasteiger partial charge in [-0.05, 0) is 27.6 Å². The summed E-state index contributed by atoms with van der Waals surface area (Å²) in [6.07, 6.45) is 1.17. The number of rotatable bonds is 6. The molecule has 0 aromatic heterocycles. The average molecular weight is 337 g/mol. The molecule has 1 N–H and O–H groups in total. The lowest BCUT2D eigenvalue weighted by molar-refractivity contribution is -0.385. The van der Waals surface area contributed by atoms with Gasteiger partial charge < -0.3 is 5.32 Å². The summed E-state index contributed by atoms with van der Waals surface area (Å²) < 4.78 is 22.2. The van der Waals surface area contributed by atoms with Gasteiger partial charge in [-0.2, -0.15) is 0 Å². The molecule has 1 rings (SSSR count). The van der Waals surface area contributed by atoms with Gasteiger partial charge in [0.2, 0.25) is 0 Å². The van der Waals surface area contributed by atoms with Gasteiger partial charge in [0.15, 0.2) is 0 Å². The number of halogens is 1. The molecule has 0 amide bonds. The van der Waals surface area contributed by atoms with Crippen LogP contribution in [-0.4, -0.2) is 31.9 Å². The molecular formula is C10H13BrN2O4S. The lowest BCUT2D eigenvalue weighted by Crippen LogP contribution is -2.21. The predicted molar refractivity (Wildman–Crippen MR) is 72.2 cm³/mol. The molecule has 0 aliphatic rings. The molecule has 0 heterocycles. The fourth-order valence-corrected chi connectivity index (χ4v) is 2.20. The van der Waals surface area contributed by atoms with Crippen molar-refractivity contribution in [2.45, 2.75) is 6.54 Å². The highest BCUT2D eigenvalue weighted by Crippen LogP contribution is 2.25.